The number of hydrogen-bond donors (Lipinski definition) is 1. The molecule has 1 heterocycles. The first-order valence-electron chi connectivity index (χ1n) is 5.98. The Labute approximate surface area is 102 Å². The summed E-state index contributed by atoms with van der Waals surface area (Å²) >= 11 is 0. The van der Waals surface area contributed by atoms with E-state index in [1.807, 2.05) is 13.8 Å². The summed E-state index contributed by atoms with van der Waals surface area (Å²) in [5.41, 5.74) is -0.0810. The number of carboxylic acid groups (broad SMARTS) is 1. The Hall–Kier alpha value is -1.32. The molecule has 1 aliphatic heterocycles. The molecular formula is C13H21NO3. The van der Waals surface area contributed by atoms with Crippen molar-refractivity contribution in [2.75, 3.05) is 6.54 Å². The first kappa shape index (κ1) is 13.7. The molecule has 0 aliphatic carbocycles. The average molecular weight is 239 g/mol. The maximum Gasteiger partial charge on any atom is 0.329 e. The number of rotatable bonds is 4. The van der Waals surface area contributed by atoms with Crippen molar-refractivity contribution in [2.24, 2.45) is 5.92 Å². The second kappa shape index (κ2) is 4.90. The van der Waals surface area contributed by atoms with E-state index in [-0.39, 0.29) is 11.8 Å². The minimum atomic E-state index is -1.03. The van der Waals surface area contributed by atoms with Crippen LogP contribution in [-0.2, 0) is 9.59 Å². The molecule has 96 valence electrons. The predicted molar refractivity (Wildman–Crippen MR) is 65.6 cm³/mol. The third-order valence-corrected chi connectivity index (χ3v) is 3.44. The van der Waals surface area contributed by atoms with Gasteiger partial charge in [-0.1, -0.05) is 12.5 Å². The van der Waals surface area contributed by atoms with Crippen LogP contribution >= 0.6 is 0 Å². The quantitative estimate of drug-likeness (QED) is 0.764. The van der Waals surface area contributed by atoms with Gasteiger partial charge in [0.25, 0.3) is 0 Å². The van der Waals surface area contributed by atoms with Gasteiger partial charge >= 0.3 is 5.97 Å². The molecule has 1 rings (SSSR count). The van der Waals surface area contributed by atoms with Crippen LogP contribution in [0.2, 0.25) is 0 Å². The van der Waals surface area contributed by atoms with E-state index in [1.54, 1.807) is 6.92 Å². The van der Waals surface area contributed by atoms with Gasteiger partial charge in [0.1, 0.15) is 5.54 Å². The molecule has 1 N–H and O–H groups in total. The molecule has 1 amide bonds. The Bertz CT molecular complexity index is 351. The monoisotopic (exact) mass is 239 g/mol. The van der Waals surface area contributed by atoms with Gasteiger partial charge in [0.2, 0.25) is 5.91 Å². The number of carboxylic acids is 1. The van der Waals surface area contributed by atoms with Gasteiger partial charge in [-0.3, -0.25) is 4.79 Å². The number of carbonyl (C=O) groups excluding carboxylic acids is 1. The van der Waals surface area contributed by atoms with Gasteiger partial charge in [0, 0.05) is 12.5 Å². The summed E-state index contributed by atoms with van der Waals surface area (Å²) in [4.78, 5) is 25.0. The Morgan fingerprint density at radius 3 is 2.59 bits per heavy atom. The van der Waals surface area contributed by atoms with Crippen LogP contribution in [0.15, 0.2) is 12.2 Å². The fourth-order valence-corrected chi connectivity index (χ4v) is 2.41. The molecule has 0 spiro atoms. The normalized spacial score (nSPS) is 25.7. The lowest BCUT2D eigenvalue weighted by atomic mass is 9.96. The molecule has 1 saturated heterocycles. The maximum atomic E-state index is 12.2. The van der Waals surface area contributed by atoms with E-state index in [4.69, 9.17) is 0 Å². The van der Waals surface area contributed by atoms with E-state index in [0.717, 1.165) is 12.0 Å². The van der Waals surface area contributed by atoms with Crippen molar-refractivity contribution in [3.05, 3.63) is 12.2 Å². The number of nitrogens with zero attached hydrogens (tertiary/aromatic N) is 1. The zero-order valence-electron chi connectivity index (χ0n) is 10.8. The van der Waals surface area contributed by atoms with Gasteiger partial charge in [-0.2, -0.15) is 0 Å². The van der Waals surface area contributed by atoms with Crippen molar-refractivity contribution in [2.45, 2.75) is 45.6 Å². The topological polar surface area (TPSA) is 57.6 Å². The highest BCUT2D eigenvalue weighted by molar-refractivity contribution is 5.88. The Kier molecular flexibility index (Phi) is 3.96. The summed E-state index contributed by atoms with van der Waals surface area (Å²) in [5, 5.41) is 9.24. The summed E-state index contributed by atoms with van der Waals surface area (Å²) in [6.45, 7) is 9.68. The van der Waals surface area contributed by atoms with Gasteiger partial charge in [-0.05, 0) is 33.1 Å². The number of allylic oxidation sites excluding steroid dienone is 1. The van der Waals surface area contributed by atoms with Crippen molar-refractivity contribution < 1.29 is 14.7 Å². The smallest absolute Gasteiger partial charge is 0.329 e. The third-order valence-electron chi connectivity index (χ3n) is 3.44. The van der Waals surface area contributed by atoms with Gasteiger partial charge in [0.15, 0.2) is 0 Å². The highest BCUT2D eigenvalue weighted by Gasteiger charge is 2.46. The van der Waals surface area contributed by atoms with Crippen LogP contribution in [0.1, 0.15) is 40.0 Å². The Morgan fingerprint density at radius 2 is 2.12 bits per heavy atom. The molecule has 0 saturated carbocycles. The SMILES string of the molecule is C=C(C)CC(C)C(=O)N1CCCC1(C)C(=O)O. The standard InChI is InChI=1S/C13H21NO3/c1-9(2)8-10(3)11(15)14-7-5-6-13(14,4)12(16)17/h10H,1,5-8H2,2-4H3,(H,16,17). The van der Waals surface area contributed by atoms with E-state index >= 15 is 0 Å². The van der Waals surface area contributed by atoms with Gasteiger partial charge in [-0.15, -0.1) is 6.58 Å². The highest BCUT2D eigenvalue weighted by Crippen LogP contribution is 2.31. The molecule has 2 unspecified atom stereocenters. The summed E-state index contributed by atoms with van der Waals surface area (Å²) in [5.74, 6) is -1.18. The Morgan fingerprint density at radius 1 is 1.53 bits per heavy atom. The molecular weight excluding hydrogens is 218 g/mol. The number of carbonyl (C=O) groups is 2. The maximum absolute atomic E-state index is 12.2. The zero-order valence-corrected chi connectivity index (χ0v) is 10.8. The molecule has 1 aliphatic rings. The number of hydrogen-bond acceptors (Lipinski definition) is 2. The van der Waals surface area contributed by atoms with Crippen LogP contribution in [0.4, 0.5) is 0 Å². The highest BCUT2D eigenvalue weighted by atomic mass is 16.4. The van der Waals surface area contributed by atoms with E-state index in [0.29, 0.717) is 19.4 Å². The number of amides is 1. The van der Waals surface area contributed by atoms with Crippen molar-refractivity contribution in [3.63, 3.8) is 0 Å². The van der Waals surface area contributed by atoms with Crippen molar-refractivity contribution in [1.82, 2.24) is 4.90 Å². The minimum Gasteiger partial charge on any atom is -0.480 e. The molecule has 0 aromatic heterocycles. The molecule has 0 bridgehead atoms. The second-order valence-electron chi connectivity index (χ2n) is 5.23. The fraction of sp³-hybridized carbons (Fsp3) is 0.692. The zero-order chi connectivity index (χ0) is 13.2. The van der Waals surface area contributed by atoms with Gasteiger partial charge < -0.3 is 10.0 Å². The van der Waals surface area contributed by atoms with Crippen LogP contribution in [0, 0.1) is 5.92 Å². The lowest BCUT2D eigenvalue weighted by Gasteiger charge is -2.33. The predicted octanol–water partition coefficient (Wildman–Crippen LogP) is 2.05. The molecule has 4 heteroatoms. The van der Waals surface area contributed by atoms with Crippen molar-refractivity contribution in [3.8, 4) is 0 Å². The van der Waals surface area contributed by atoms with Crippen molar-refractivity contribution in [1.29, 1.82) is 0 Å². The van der Waals surface area contributed by atoms with Crippen LogP contribution in [-0.4, -0.2) is 34.0 Å². The summed E-state index contributed by atoms with van der Waals surface area (Å²) < 4.78 is 0. The largest absolute Gasteiger partial charge is 0.480 e. The molecule has 4 nitrogen and oxygen atoms in total. The van der Waals surface area contributed by atoms with Gasteiger partial charge in [-0.25, -0.2) is 4.79 Å². The van der Waals surface area contributed by atoms with Crippen LogP contribution in [0.5, 0.6) is 0 Å². The second-order valence-corrected chi connectivity index (χ2v) is 5.23. The van der Waals surface area contributed by atoms with Crippen molar-refractivity contribution >= 4 is 11.9 Å². The lowest BCUT2D eigenvalue weighted by Crippen LogP contribution is -2.52. The summed E-state index contributed by atoms with van der Waals surface area (Å²) in [6, 6.07) is 0. The molecule has 17 heavy (non-hydrogen) atoms. The summed E-state index contributed by atoms with van der Waals surface area (Å²) in [6.07, 6.45) is 1.91. The minimum absolute atomic E-state index is 0.0737. The molecule has 0 aromatic rings. The molecule has 0 aromatic carbocycles. The first-order valence-corrected chi connectivity index (χ1v) is 5.98. The Balaban J connectivity index is 2.81. The molecule has 1 fully saturated rings. The fourth-order valence-electron chi connectivity index (χ4n) is 2.41. The number of likely N-dealkylation sites (tertiary alicyclic amines) is 1. The average Bonchev–Trinajstić information content (AvgIpc) is 2.59. The van der Waals surface area contributed by atoms with Crippen LogP contribution in [0.3, 0.4) is 0 Å². The lowest BCUT2D eigenvalue weighted by molar-refractivity contribution is -0.156. The van der Waals surface area contributed by atoms with E-state index < -0.39 is 11.5 Å². The molecule has 0 radical (unpaired) electrons. The van der Waals surface area contributed by atoms with E-state index in [2.05, 4.69) is 6.58 Å². The third kappa shape index (κ3) is 2.68. The van der Waals surface area contributed by atoms with E-state index in [9.17, 15) is 14.7 Å². The van der Waals surface area contributed by atoms with Crippen LogP contribution < -0.4 is 0 Å². The van der Waals surface area contributed by atoms with E-state index in [1.165, 1.54) is 4.90 Å². The number of aliphatic carboxylic acids is 1. The summed E-state index contributed by atoms with van der Waals surface area (Å²) in [7, 11) is 0. The van der Waals surface area contributed by atoms with Gasteiger partial charge in [0.05, 0.1) is 0 Å². The molecule has 2 atom stereocenters. The first-order chi connectivity index (χ1) is 7.79. The van der Waals surface area contributed by atoms with Crippen LogP contribution in [0.25, 0.3) is 0 Å².